The second-order valence-corrected chi connectivity index (χ2v) is 10.7. The Hall–Kier alpha value is -2.65. The quantitative estimate of drug-likeness (QED) is 0.216. The Morgan fingerprint density at radius 3 is 2.66 bits per heavy atom. The molecule has 38 heavy (non-hydrogen) atoms. The van der Waals surface area contributed by atoms with Crippen molar-refractivity contribution in [2.75, 3.05) is 26.7 Å². The molecule has 1 aliphatic carbocycles. The number of aliphatic hydroxyl groups is 1. The van der Waals surface area contributed by atoms with Gasteiger partial charge in [0, 0.05) is 26.7 Å². The second kappa shape index (κ2) is 15.1. The van der Waals surface area contributed by atoms with Crippen molar-refractivity contribution in [3.8, 4) is 5.75 Å². The lowest BCUT2D eigenvalue weighted by molar-refractivity contribution is -0.145. The Labute approximate surface area is 227 Å². The first-order chi connectivity index (χ1) is 18.4. The molecule has 9 heteroatoms. The third kappa shape index (κ3) is 7.93. The minimum atomic E-state index is -0.985. The van der Waals surface area contributed by atoms with E-state index in [9.17, 15) is 19.5 Å². The molecule has 0 aromatic heterocycles. The monoisotopic (exact) mass is 530 g/mol. The Morgan fingerprint density at radius 1 is 1.21 bits per heavy atom. The first-order valence-corrected chi connectivity index (χ1v) is 14.3. The van der Waals surface area contributed by atoms with E-state index in [1.165, 1.54) is 16.9 Å². The Kier molecular flexibility index (Phi) is 11.9. The highest BCUT2D eigenvalue weighted by atomic mass is 16.5. The second-order valence-electron chi connectivity index (χ2n) is 10.7. The molecule has 0 radical (unpaired) electrons. The number of carbonyl (C=O) groups is 3. The molecule has 1 saturated carbocycles. The minimum Gasteiger partial charge on any atom is -0.489 e. The predicted molar refractivity (Wildman–Crippen MR) is 147 cm³/mol. The van der Waals surface area contributed by atoms with Crippen LogP contribution in [0.5, 0.6) is 5.75 Å². The molecule has 0 spiro atoms. The summed E-state index contributed by atoms with van der Waals surface area (Å²) in [4.78, 5) is 38.4. The van der Waals surface area contributed by atoms with Gasteiger partial charge in [0.15, 0.2) is 0 Å². The highest BCUT2D eigenvalue weighted by Gasteiger charge is 2.38. The van der Waals surface area contributed by atoms with Crippen LogP contribution in [-0.2, 0) is 27.2 Å². The summed E-state index contributed by atoms with van der Waals surface area (Å²) in [6.45, 7) is 4.96. The molecule has 4 unspecified atom stereocenters. The van der Waals surface area contributed by atoms with E-state index in [4.69, 9.17) is 4.74 Å². The van der Waals surface area contributed by atoms with Crippen molar-refractivity contribution in [1.82, 2.24) is 20.9 Å². The van der Waals surface area contributed by atoms with Crippen LogP contribution in [-0.4, -0.2) is 79.2 Å². The van der Waals surface area contributed by atoms with Gasteiger partial charge in [-0.05, 0) is 69.4 Å². The van der Waals surface area contributed by atoms with E-state index >= 15 is 0 Å². The Bertz CT molecular complexity index is 918. The predicted octanol–water partition coefficient (Wildman–Crippen LogP) is 1.94. The SMILES string of the molecule is CCNC(=O)C(C(C)O)N(C)C(=O)C(NCC1CCc2cccc(CCCNC=O)c2O1)C1CCCCC1. The van der Waals surface area contributed by atoms with Gasteiger partial charge < -0.3 is 30.7 Å². The number of nitrogens with one attached hydrogen (secondary N) is 3. The zero-order valence-corrected chi connectivity index (χ0v) is 23.2. The molecule has 4 N–H and O–H groups in total. The molecule has 4 atom stereocenters. The van der Waals surface area contributed by atoms with E-state index in [0.29, 0.717) is 19.6 Å². The lowest BCUT2D eigenvalue weighted by atomic mass is 9.83. The van der Waals surface area contributed by atoms with Crippen molar-refractivity contribution >= 4 is 18.2 Å². The summed E-state index contributed by atoms with van der Waals surface area (Å²) in [5.41, 5.74) is 2.34. The normalized spacial score (nSPS) is 19.8. The topological polar surface area (TPSA) is 120 Å². The number of hydrogen-bond acceptors (Lipinski definition) is 6. The molecule has 1 heterocycles. The maximum atomic E-state index is 13.8. The van der Waals surface area contributed by atoms with Gasteiger partial charge in [0.25, 0.3) is 0 Å². The first kappa shape index (κ1) is 29.9. The molecule has 1 aromatic carbocycles. The van der Waals surface area contributed by atoms with Gasteiger partial charge in [0.1, 0.15) is 17.9 Å². The van der Waals surface area contributed by atoms with Gasteiger partial charge in [-0.25, -0.2) is 0 Å². The summed E-state index contributed by atoms with van der Waals surface area (Å²) in [6, 6.07) is 4.86. The van der Waals surface area contributed by atoms with Gasteiger partial charge in [-0.3, -0.25) is 14.4 Å². The highest BCUT2D eigenvalue weighted by Crippen LogP contribution is 2.33. The maximum absolute atomic E-state index is 13.8. The van der Waals surface area contributed by atoms with E-state index in [2.05, 4.69) is 34.1 Å². The van der Waals surface area contributed by atoms with Gasteiger partial charge in [0.05, 0.1) is 12.1 Å². The highest BCUT2D eigenvalue weighted by molar-refractivity contribution is 5.90. The summed E-state index contributed by atoms with van der Waals surface area (Å²) in [7, 11) is 1.62. The lowest BCUT2D eigenvalue weighted by Gasteiger charge is -2.37. The molecule has 3 amide bonds. The number of likely N-dealkylation sites (N-methyl/N-ethyl adjacent to an activating group) is 2. The number of carbonyl (C=O) groups excluding carboxylic acids is 3. The fourth-order valence-corrected chi connectivity index (χ4v) is 5.84. The van der Waals surface area contributed by atoms with Crippen molar-refractivity contribution in [3.63, 3.8) is 0 Å². The number of aryl methyl sites for hydroxylation is 2. The number of fused-ring (bicyclic) bond motifs is 1. The van der Waals surface area contributed by atoms with Gasteiger partial charge in [-0.15, -0.1) is 0 Å². The average Bonchev–Trinajstić information content (AvgIpc) is 2.91. The Balaban J connectivity index is 1.70. The van der Waals surface area contributed by atoms with E-state index in [1.54, 1.807) is 14.0 Å². The van der Waals surface area contributed by atoms with Crippen molar-refractivity contribution < 1.29 is 24.2 Å². The van der Waals surface area contributed by atoms with Crippen LogP contribution in [0.15, 0.2) is 18.2 Å². The van der Waals surface area contributed by atoms with Crippen LogP contribution in [0.2, 0.25) is 0 Å². The van der Waals surface area contributed by atoms with E-state index in [0.717, 1.165) is 69.1 Å². The van der Waals surface area contributed by atoms with Gasteiger partial charge >= 0.3 is 0 Å². The van der Waals surface area contributed by atoms with E-state index in [1.807, 2.05) is 6.92 Å². The molecule has 3 rings (SSSR count). The van der Waals surface area contributed by atoms with E-state index < -0.39 is 18.2 Å². The standard InChI is InChI=1S/C29H46N4O5/c1-4-31-28(36)26(20(2)35)33(3)29(37)25(21-10-6-5-7-11-21)32-18-24-16-15-23-13-8-12-22(27(23)38-24)14-9-17-30-19-34/h8,12-13,19-21,24-26,32,35H,4-7,9-11,14-18H2,1-3H3,(H,30,34)(H,31,36). The molecular formula is C29H46N4O5. The largest absolute Gasteiger partial charge is 0.489 e. The maximum Gasteiger partial charge on any atom is 0.245 e. The molecule has 9 nitrogen and oxygen atoms in total. The van der Waals surface area contributed by atoms with E-state index in [-0.39, 0.29) is 23.8 Å². The number of benzene rings is 1. The number of nitrogens with zero attached hydrogens (tertiary/aromatic N) is 1. The number of hydrogen-bond donors (Lipinski definition) is 4. The third-order valence-electron chi connectivity index (χ3n) is 7.84. The third-order valence-corrected chi connectivity index (χ3v) is 7.84. The number of amides is 3. The Morgan fingerprint density at radius 2 is 1.97 bits per heavy atom. The number of para-hydroxylation sites is 1. The summed E-state index contributed by atoms with van der Waals surface area (Å²) in [5, 5.41) is 19.3. The van der Waals surface area contributed by atoms with Crippen LogP contribution >= 0.6 is 0 Å². The molecular weight excluding hydrogens is 484 g/mol. The van der Waals surface area contributed by atoms with Crippen LogP contribution in [0.4, 0.5) is 0 Å². The number of rotatable bonds is 14. The molecule has 0 saturated heterocycles. The zero-order valence-electron chi connectivity index (χ0n) is 23.2. The molecule has 1 aliphatic heterocycles. The minimum absolute atomic E-state index is 0.0723. The van der Waals surface area contributed by atoms with Gasteiger partial charge in [-0.1, -0.05) is 37.5 Å². The molecule has 0 bridgehead atoms. The molecule has 212 valence electrons. The van der Waals surface area contributed by atoms with Crippen LogP contribution in [0.25, 0.3) is 0 Å². The van der Waals surface area contributed by atoms with Crippen molar-refractivity contribution in [2.45, 2.75) is 95.9 Å². The van der Waals surface area contributed by atoms with Crippen LogP contribution < -0.4 is 20.7 Å². The fourth-order valence-electron chi connectivity index (χ4n) is 5.84. The number of ether oxygens (including phenoxy) is 1. The van der Waals surface area contributed by atoms with Crippen molar-refractivity contribution in [3.05, 3.63) is 29.3 Å². The van der Waals surface area contributed by atoms with Crippen molar-refractivity contribution in [1.29, 1.82) is 0 Å². The summed E-state index contributed by atoms with van der Waals surface area (Å²) >= 11 is 0. The number of aliphatic hydroxyl groups excluding tert-OH is 1. The molecule has 1 aromatic rings. The lowest BCUT2D eigenvalue weighted by Crippen LogP contribution is -2.59. The van der Waals surface area contributed by atoms with Crippen LogP contribution in [0.3, 0.4) is 0 Å². The molecule has 2 aliphatic rings. The summed E-state index contributed by atoms with van der Waals surface area (Å²) in [5.74, 6) is 0.608. The van der Waals surface area contributed by atoms with Gasteiger partial charge in [-0.2, -0.15) is 0 Å². The summed E-state index contributed by atoms with van der Waals surface area (Å²) < 4.78 is 6.47. The molecule has 1 fully saturated rings. The summed E-state index contributed by atoms with van der Waals surface area (Å²) in [6.07, 6.45) is 8.36. The fraction of sp³-hybridized carbons (Fsp3) is 0.690. The zero-order chi connectivity index (χ0) is 27.5. The van der Waals surface area contributed by atoms with Crippen LogP contribution in [0, 0.1) is 5.92 Å². The van der Waals surface area contributed by atoms with Gasteiger partial charge in [0.2, 0.25) is 18.2 Å². The van der Waals surface area contributed by atoms with Crippen molar-refractivity contribution in [2.24, 2.45) is 5.92 Å². The average molecular weight is 531 g/mol. The van der Waals surface area contributed by atoms with Crippen LogP contribution in [0.1, 0.15) is 69.9 Å². The first-order valence-electron chi connectivity index (χ1n) is 14.3. The smallest absolute Gasteiger partial charge is 0.245 e.